The molecule has 0 radical (unpaired) electrons. The van der Waals surface area contributed by atoms with Crippen LogP contribution < -0.4 is 5.32 Å². The van der Waals surface area contributed by atoms with Crippen LogP contribution in [0.5, 0.6) is 0 Å². The number of thioether (sulfide) groups is 1. The third-order valence-electron chi connectivity index (χ3n) is 3.95. The van der Waals surface area contributed by atoms with Gasteiger partial charge in [-0.3, -0.25) is 9.69 Å². The molecule has 2 heterocycles. The number of nitrogens with one attached hydrogen (secondary N) is 1. The summed E-state index contributed by atoms with van der Waals surface area (Å²) in [5.74, 6) is -0.219. The van der Waals surface area contributed by atoms with Crippen molar-refractivity contribution < 1.29 is 14.3 Å². The summed E-state index contributed by atoms with van der Waals surface area (Å²) in [4.78, 5) is 30.1. The predicted octanol–water partition coefficient (Wildman–Crippen LogP) is 2.37. The molecular formula is C16H19ClN4O3S. The highest BCUT2D eigenvalue weighted by atomic mass is 35.5. The monoisotopic (exact) mass is 382 g/mol. The van der Waals surface area contributed by atoms with E-state index in [9.17, 15) is 9.59 Å². The number of carbonyl (C=O) groups is 2. The molecule has 25 heavy (non-hydrogen) atoms. The molecule has 9 heteroatoms. The Morgan fingerprint density at radius 3 is 3.00 bits per heavy atom. The van der Waals surface area contributed by atoms with E-state index in [1.807, 2.05) is 16.7 Å². The minimum atomic E-state index is -0.433. The molecule has 0 aliphatic carbocycles. The van der Waals surface area contributed by atoms with Crippen LogP contribution in [0.2, 0.25) is 5.02 Å². The number of imide groups is 1. The molecule has 1 aliphatic heterocycles. The molecule has 1 aromatic heterocycles. The summed E-state index contributed by atoms with van der Waals surface area (Å²) in [6.07, 6.45) is 0. The summed E-state index contributed by atoms with van der Waals surface area (Å²) < 4.78 is 7.19. The topological polar surface area (TPSA) is 76.5 Å². The summed E-state index contributed by atoms with van der Waals surface area (Å²) in [7, 11) is 1.64. The van der Waals surface area contributed by atoms with E-state index in [4.69, 9.17) is 16.3 Å². The zero-order chi connectivity index (χ0) is 18.0. The van der Waals surface area contributed by atoms with Gasteiger partial charge in [0.05, 0.1) is 22.9 Å². The summed E-state index contributed by atoms with van der Waals surface area (Å²) in [6.45, 7) is 3.82. The van der Waals surface area contributed by atoms with Crippen molar-refractivity contribution in [3.8, 4) is 0 Å². The molecule has 1 atom stereocenters. The van der Waals surface area contributed by atoms with Gasteiger partial charge >= 0.3 is 6.03 Å². The normalized spacial score (nSPS) is 15.6. The van der Waals surface area contributed by atoms with Crippen LogP contribution in [0.25, 0.3) is 11.0 Å². The first-order valence-corrected chi connectivity index (χ1v) is 9.17. The zero-order valence-corrected chi connectivity index (χ0v) is 15.6. The number of nitrogens with zero attached hydrogens (tertiary/aromatic N) is 3. The third kappa shape index (κ3) is 3.75. The van der Waals surface area contributed by atoms with Gasteiger partial charge in [0.1, 0.15) is 0 Å². The number of hydrogen-bond donors (Lipinski definition) is 1. The van der Waals surface area contributed by atoms with Crippen molar-refractivity contribution in [2.45, 2.75) is 23.9 Å². The standard InChI is InChI=1S/C16H19ClN4O3S/c1-10(14(22)21-6-5-18-15(21)23)25-16-19-12-9-11(17)3-4-13(12)20(16)7-8-24-2/h3-4,9-10H,5-8H2,1-2H3,(H,18,23). The molecule has 3 rings (SSSR count). The molecule has 0 saturated carbocycles. The van der Waals surface area contributed by atoms with Crippen LogP contribution in [-0.2, 0) is 16.1 Å². The number of methoxy groups -OCH3 is 1. The van der Waals surface area contributed by atoms with Gasteiger partial charge in [-0.25, -0.2) is 9.78 Å². The molecule has 0 spiro atoms. The highest BCUT2D eigenvalue weighted by Gasteiger charge is 2.31. The fraction of sp³-hybridized carbons (Fsp3) is 0.438. The van der Waals surface area contributed by atoms with E-state index >= 15 is 0 Å². The van der Waals surface area contributed by atoms with E-state index in [0.29, 0.717) is 36.4 Å². The number of urea groups is 1. The van der Waals surface area contributed by atoms with E-state index in [0.717, 1.165) is 11.0 Å². The first-order chi connectivity index (χ1) is 12.0. The molecule has 0 bridgehead atoms. The van der Waals surface area contributed by atoms with E-state index in [1.165, 1.54) is 16.7 Å². The SMILES string of the molecule is COCCn1c(SC(C)C(=O)N2CCNC2=O)nc2cc(Cl)ccc21. The largest absolute Gasteiger partial charge is 0.383 e. The van der Waals surface area contributed by atoms with Crippen LogP contribution in [0.15, 0.2) is 23.4 Å². The predicted molar refractivity (Wildman–Crippen MR) is 97.0 cm³/mol. The highest BCUT2D eigenvalue weighted by Crippen LogP contribution is 2.29. The Hall–Kier alpha value is -1.77. The minimum Gasteiger partial charge on any atom is -0.383 e. The Labute approximate surface area is 154 Å². The van der Waals surface area contributed by atoms with Gasteiger partial charge in [0.2, 0.25) is 5.91 Å². The van der Waals surface area contributed by atoms with Crippen LogP contribution in [0.1, 0.15) is 6.92 Å². The molecule has 1 saturated heterocycles. The lowest BCUT2D eigenvalue weighted by molar-refractivity contribution is -0.126. The highest BCUT2D eigenvalue weighted by molar-refractivity contribution is 8.00. The average Bonchev–Trinajstić information content (AvgIpc) is 3.15. The molecule has 1 aliphatic rings. The zero-order valence-electron chi connectivity index (χ0n) is 14.0. The number of rotatable bonds is 6. The van der Waals surface area contributed by atoms with Crippen molar-refractivity contribution in [3.05, 3.63) is 23.2 Å². The Kier molecular flexibility index (Phi) is 5.51. The van der Waals surface area contributed by atoms with Crippen LogP contribution in [0.3, 0.4) is 0 Å². The molecule has 1 unspecified atom stereocenters. The Bertz CT molecular complexity index is 810. The van der Waals surface area contributed by atoms with Crippen LogP contribution in [-0.4, -0.2) is 58.4 Å². The number of benzene rings is 1. The van der Waals surface area contributed by atoms with Crippen LogP contribution >= 0.6 is 23.4 Å². The molecule has 3 amide bonds. The molecule has 2 aromatic rings. The summed E-state index contributed by atoms with van der Waals surface area (Å²) in [6, 6.07) is 5.18. The number of amides is 3. The lowest BCUT2D eigenvalue weighted by Gasteiger charge is -2.17. The molecule has 1 fully saturated rings. The van der Waals surface area contributed by atoms with Crippen molar-refractivity contribution in [2.75, 3.05) is 26.8 Å². The number of carbonyl (C=O) groups excluding carboxylic acids is 2. The average molecular weight is 383 g/mol. The Balaban J connectivity index is 1.86. The molecule has 134 valence electrons. The van der Waals surface area contributed by atoms with Gasteiger partial charge < -0.3 is 14.6 Å². The summed E-state index contributed by atoms with van der Waals surface area (Å²) >= 11 is 7.39. The number of ether oxygens (including phenoxy) is 1. The van der Waals surface area contributed by atoms with Gasteiger partial charge in [0.25, 0.3) is 0 Å². The molecular weight excluding hydrogens is 364 g/mol. The van der Waals surface area contributed by atoms with Gasteiger partial charge in [-0.2, -0.15) is 0 Å². The fourth-order valence-corrected chi connectivity index (χ4v) is 3.86. The smallest absolute Gasteiger partial charge is 0.324 e. The second kappa shape index (κ2) is 7.63. The van der Waals surface area contributed by atoms with Gasteiger partial charge in [0, 0.05) is 31.8 Å². The maximum atomic E-state index is 12.5. The quantitative estimate of drug-likeness (QED) is 0.776. The Morgan fingerprint density at radius 2 is 2.32 bits per heavy atom. The van der Waals surface area contributed by atoms with Crippen molar-refractivity contribution in [1.82, 2.24) is 19.8 Å². The fourth-order valence-electron chi connectivity index (χ4n) is 2.68. The number of hydrogen-bond acceptors (Lipinski definition) is 5. The number of imidazole rings is 1. The lowest BCUT2D eigenvalue weighted by Crippen LogP contribution is -2.39. The van der Waals surface area contributed by atoms with Crippen molar-refractivity contribution >= 4 is 46.3 Å². The van der Waals surface area contributed by atoms with E-state index in [-0.39, 0.29) is 11.9 Å². The lowest BCUT2D eigenvalue weighted by atomic mass is 10.3. The van der Waals surface area contributed by atoms with E-state index in [1.54, 1.807) is 20.1 Å². The first-order valence-electron chi connectivity index (χ1n) is 7.92. The van der Waals surface area contributed by atoms with Crippen molar-refractivity contribution in [2.24, 2.45) is 0 Å². The van der Waals surface area contributed by atoms with E-state index < -0.39 is 5.25 Å². The van der Waals surface area contributed by atoms with Gasteiger partial charge in [-0.05, 0) is 25.1 Å². The molecule has 1 N–H and O–H groups in total. The van der Waals surface area contributed by atoms with Crippen molar-refractivity contribution in [1.29, 1.82) is 0 Å². The first kappa shape index (κ1) is 18.0. The van der Waals surface area contributed by atoms with Gasteiger partial charge in [-0.1, -0.05) is 23.4 Å². The van der Waals surface area contributed by atoms with Crippen LogP contribution in [0, 0.1) is 0 Å². The van der Waals surface area contributed by atoms with Crippen molar-refractivity contribution in [3.63, 3.8) is 0 Å². The second-order valence-corrected chi connectivity index (χ2v) is 7.40. The number of aromatic nitrogens is 2. The molecule has 7 nitrogen and oxygen atoms in total. The van der Waals surface area contributed by atoms with E-state index in [2.05, 4.69) is 10.3 Å². The van der Waals surface area contributed by atoms with Crippen LogP contribution in [0.4, 0.5) is 4.79 Å². The maximum Gasteiger partial charge on any atom is 0.324 e. The third-order valence-corrected chi connectivity index (χ3v) is 5.26. The number of halogens is 1. The minimum absolute atomic E-state index is 0.219. The van der Waals surface area contributed by atoms with Gasteiger partial charge in [0.15, 0.2) is 5.16 Å². The second-order valence-electron chi connectivity index (χ2n) is 5.65. The maximum absolute atomic E-state index is 12.5. The molecule has 1 aromatic carbocycles. The summed E-state index contributed by atoms with van der Waals surface area (Å²) in [5.41, 5.74) is 1.70. The number of fused-ring (bicyclic) bond motifs is 1. The Morgan fingerprint density at radius 1 is 1.52 bits per heavy atom. The van der Waals surface area contributed by atoms with Gasteiger partial charge in [-0.15, -0.1) is 0 Å². The summed E-state index contributed by atoms with van der Waals surface area (Å²) in [5, 5.41) is 3.52.